The second-order valence-electron chi connectivity index (χ2n) is 8.66. The van der Waals surface area contributed by atoms with Crippen molar-refractivity contribution in [1.29, 1.82) is 0 Å². The van der Waals surface area contributed by atoms with Gasteiger partial charge in [-0.15, -0.1) is 11.3 Å². The molecule has 3 aromatic heterocycles. The minimum atomic E-state index is -0.578. The van der Waals surface area contributed by atoms with Crippen molar-refractivity contribution in [2.45, 2.75) is 32.4 Å². The molecule has 0 spiro atoms. The second-order valence-corrected chi connectivity index (χ2v) is 9.72. The summed E-state index contributed by atoms with van der Waals surface area (Å²) < 4.78 is 1.07. The molecule has 4 N–H and O–H groups in total. The van der Waals surface area contributed by atoms with Crippen LogP contribution in [0.5, 0.6) is 0 Å². The first-order chi connectivity index (χ1) is 15.3. The SMILES string of the molecule is C[C@@H]1CNc2c(sc3ccc4nc(-c5ccnc(C#CC(C)(C)N)c5)ccc4c23)C(=O)N1. The molecule has 0 saturated carbocycles. The summed E-state index contributed by atoms with van der Waals surface area (Å²) in [5.41, 5.74) is 9.61. The zero-order valence-corrected chi connectivity index (χ0v) is 18.9. The topological polar surface area (TPSA) is 92.9 Å². The molecule has 160 valence electrons. The lowest BCUT2D eigenvalue weighted by Gasteiger charge is -2.10. The first kappa shape index (κ1) is 20.4. The molecule has 4 aromatic rings. The molecule has 6 nitrogen and oxygen atoms in total. The van der Waals surface area contributed by atoms with E-state index in [9.17, 15) is 4.79 Å². The third-order valence-electron chi connectivity index (χ3n) is 5.26. The summed E-state index contributed by atoms with van der Waals surface area (Å²) in [6.45, 7) is 6.41. The number of hydrogen-bond donors (Lipinski definition) is 3. The number of benzene rings is 1. The lowest BCUT2D eigenvalue weighted by atomic mass is 10.1. The van der Waals surface area contributed by atoms with Gasteiger partial charge < -0.3 is 16.4 Å². The van der Waals surface area contributed by atoms with Crippen LogP contribution in [-0.4, -0.2) is 34.0 Å². The van der Waals surface area contributed by atoms with E-state index in [4.69, 9.17) is 10.7 Å². The molecule has 5 rings (SSSR count). The Morgan fingerprint density at radius 2 is 2.06 bits per heavy atom. The molecule has 1 aliphatic heterocycles. The average molecular weight is 442 g/mol. The zero-order chi connectivity index (χ0) is 22.5. The fraction of sp³-hybridized carbons (Fsp3) is 0.240. The van der Waals surface area contributed by atoms with Crippen LogP contribution >= 0.6 is 11.3 Å². The number of carbonyl (C=O) groups is 1. The summed E-state index contributed by atoms with van der Waals surface area (Å²) >= 11 is 1.51. The Hall–Kier alpha value is -3.47. The van der Waals surface area contributed by atoms with Crippen molar-refractivity contribution in [3.8, 4) is 23.1 Å². The van der Waals surface area contributed by atoms with E-state index in [1.807, 2.05) is 51.1 Å². The first-order valence-corrected chi connectivity index (χ1v) is 11.3. The maximum atomic E-state index is 12.6. The van der Waals surface area contributed by atoms with Crippen molar-refractivity contribution in [3.05, 3.63) is 53.2 Å². The number of nitrogens with two attached hydrogens (primary N) is 1. The summed E-state index contributed by atoms with van der Waals surface area (Å²) in [5, 5.41) is 8.58. The van der Waals surface area contributed by atoms with E-state index < -0.39 is 5.54 Å². The number of nitrogens with zero attached hydrogens (tertiary/aromatic N) is 2. The van der Waals surface area contributed by atoms with E-state index in [0.717, 1.165) is 42.8 Å². The van der Waals surface area contributed by atoms with Crippen molar-refractivity contribution >= 4 is 43.9 Å². The summed E-state index contributed by atoms with van der Waals surface area (Å²) in [6.07, 6.45) is 1.74. The van der Waals surface area contributed by atoms with E-state index in [-0.39, 0.29) is 11.9 Å². The minimum Gasteiger partial charge on any atom is -0.381 e. The molecule has 1 aromatic carbocycles. The highest BCUT2D eigenvalue weighted by Crippen LogP contribution is 2.41. The number of rotatable bonds is 1. The monoisotopic (exact) mass is 441 g/mol. The average Bonchev–Trinajstić information content (AvgIpc) is 3.08. The summed E-state index contributed by atoms with van der Waals surface area (Å²) in [7, 11) is 0. The highest BCUT2D eigenvalue weighted by Gasteiger charge is 2.24. The Morgan fingerprint density at radius 3 is 2.88 bits per heavy atom. The number of nitrogens with one attached hydrogen (secondary N) is 2. The summed E-state index contributed by atoms with van der Waals surface area (Å²) in [5.74, 6) is 6.03. The van der Waals surface area contributed by atoms with Crippen LogP contribution in [0.4, 0.5) is 5.69 Å². The van der Waals surface area contributed by atoms with Crippen molar-refractivity contribution in [3.63, 3.8) is 0 Å². The number of thiophene rings is 1. The van der Waals surface area contributed by atoms with Gasteiger partial charge in [-0.25, -0.2) is 9.97 Å². The Bertz CT molecular complexity index is 1440. The normalized spacial score (nSPS) is 16.0. The number of fused-ring (bicyclic) bond motifs is 5. The van der Waals surface area contributed by atoms with Gasteiger partial charge in [-0.3, -0.25) is 4.79 Å². The number of pyridine rings is 2. The van der Waals surface area contributed by atoms with Crippen LogP contribution in [0.1, 0.15) is 36.1 Å². The van der Waals surface area contributed by atoms with E-state index in [2.05, 4.69) is 33.5 Å². The Kier molecular flexibility index (Phi) is 4.85. The molecular formula is C25H23N5OS. The molecule has 0 fully saturated rings. The first-order valence-electron chi connectivity index (χ1n) is 10.5. The van der Waals surface area contributed by atoms with Crippen molar-refractivity contribution < 1.29 is 4.79 Å². The molecule has 4 heterocycles. The van der Waals surface area contributed by atoms with Crippen LogP contribution in [0.2, 0.25) is 0 Å². The lowest BCUT2D eigenvalue weighted by Crippen LogP contribution is -2.34. The van der Waals surface area contributed by atoms with Gasteiger partial charge in [0.1, 0.15) is 10.6 Å². The maximum absolute atomic E-state index is 12.6. The van der Waals surface area contributed by atoms with E-state index in [1.165, 1.54) is 11.3 Å². The molecule has 0 radical (unpaired) electrons. The van der Waals surface area contributed by atoms with E-state index in [1.54, 1.807) is 6.20 Å². The molecular weight excluding hydrogens is 418 g/mol. The van der Waals surface area contributed by atoms with Gasteiger partial charge in [0.2, 0.25) is 0 Å². The van der Waals surface area contributed by atoms with Gasteiger partial charge in [-0.2, -0.15) is 0 Å². The van der Waals surface area contributed by atoms with Gasteiger partial charge in [0.05, 0.1) is 22.4 Å². The van der Waals surface area contributed by atoms with Crippen LogP contribution in [0.3, 0.4) is 0 Å². The van der Waals surface area contributed by atoms with E-state index in [0.29, 0.717) is 12.2 Å². The molecule has 0 bridgehead atoms. The Balaban J connectivity index is 1.61. The number of carbonyl (C=O) groups excluding carboxylic acids is 1. The van der Waals surface area contributed by atoms with Crippen LogP contribution in [-0.2, 0) is 0 Å². The van der Waals surface area contributed by atoms with Crippen LogP contribution in [0, 0.1) is 11.8 Å². The fourth-order valence-electron chi connectivity index (χ4n) is 3.77. The molecule has 1 atom stereocenters. The van der Waals surface area contributed by atoms with Gasteiger partial charge in [0.25, 0.3) is 5.91 Å². The highest BCUT2D eigenvalue weighted by molar-refractivity contribution is 7.21. The van der Waals surface area contributed by atoms with Crippen LogP contribution in [0.25, 0.3) is 32.2 Å². The van der Waals surface area contributed by atoms with Crippen molar-refractivity contribution in [2.24, 2.45) is 5.73 Å². The van der Waals surface area contributed by atoms with Gasteiger partial charge in [-0.1, -0.05) is 5.92 Å². The second kappa shape index (κ2) is 7.59. The molecule has 1 aliphatic rings. The standard InChI is InChI=1S/C25H23N5OS/c1-14-13-28-22-21-17-4-5-18(15-9-11-27-16(12-15)8-10-25(2,3)26)30-19(17)6-7-20(21)32-23(22)24(31)29-14/h4-7,9,11-12,14,28H,13,26H2,1-3H3,(H,29,31)/t14-/m1/s1. The van der Waals surface area contributed by atoms with Crippen LogP contribution < -0.4 is 16.4 Å². The zero-order valence-electron chi connectivity index (χ0n) is 18.1. The quantitative estimate of drug-likeness (QED) is 0.386. The van der Waals surface area contributed by atoms with Crippen LogP contribution in [0.15, 0.2) is 42.6 Å². The van der Waals surface area contributed by atoms with Gasteiger partial charge >= 0.3 is 0 Å². The van der Waals surface area contributed by atoms with Gasteiger partial charge in [-0.05, 0) is 63.1 Å². The van der Waals surface area contributed by atoms with Gasteiger partial charge in [0.15, 0.2) is 0 Å². The number of amides is 1. The smallest absolute Gasteiger partial charge is 0.263 e. The summed E-state index contributed by atoms with van der Waals surface area (Å²) in [6, 6.07) is 12.1. The third kappa shape index (κ3) is 3.79. The minimum absolute atomic E-state index is 0.0255. The molecule has 7 heteroatoms. The third-order valence-corrected chi connectivity index (χ3v) is 6.41. The highest BCUT2D eigenvalue weighted by atomic mass is 32.1. The number of anilines is 1. The molecule has 0 unspecified atom stereocenters. The molecule has 1 amide bonds. The Morgan fingerprint density at radius 1 is 1.22 bits per heavy atom. The van der Waals surface area contributed by atoms with Crippen molar-refractivity contribution in [1.82, 2.24) is 15.3 Å². The fourth-order valence-corrected chi connectivity index (χ4v) is 4.87. The Labute approximate surface area is 190 Å². The van der Waals surface area contributed by atoms with Crippen molar-refractivity contribution in [2.75, 3.05) is 11.9 Å². The largest absolute Gasteiger partial charge is 0.381 e. The van der Waals surface area contributed by atoms with Gasteiger partial charge in [0, 0.05) is 39.8 Å². The number of hydrogen-bond acceptors (Lipinski definition) is 6. The van der Waals surface area contributed by atoms with E-state index >= 15 is 0 Å². The lowest BCUT2D eigenvalue weighted by molar-refractivity contribution is 0.0949. The molecule has 0 aliphatic carbocycles. The maximum Gasteiger partial charge on any atom is 0.263 e. The predicted octanol–water partition coefficient (Wildman–Crippen LogP) is 4.14. The molecule has 32 heavy (non-hydrogen) atoms. The molecule has 0 saturated heterocycles. The summed E-state index contributed by atoms with van der Waals surface area (Å²) in [4.78, 5) is 22.6. The predicted molar refractivity (Wildman–Crippen MR) is 131 cm³/mol. The number of aromatic nitrogens is 2.